The minimum Gasteiger partial charge on any atom is -0.326 e. The summed E-state index contributed by atoms with van der Waals surface area (Å²) in [5, 5.41) is 3.69. The van der Waals surface area contributed by atoms with Gasteiger partial charge in [0.25, 0.3) is 0 Å². The zero-order valence-electron chi connectivity index (χ0n) is 13.5. The van der Waals surface area contributed by atoms with Crippen LogP contribution in [0.2, 0.25) is 0 Å². The van der Waals surface area contributed by atoms with E-state index in [4.69, 9.17) is 0 Å². The highest BCUT2D eigenvalue weighted by molar-refractivity contribution is 5.84. The summed E-state index contributed by atoms with van der Waals surface area (Å²) in [6.45, 7) is 7.56. The van der Waals surface area contributed by atoms with Crippen LogP contribution in [0.15, 0.2) is 0 Å². The molecule has 0 radical (unpaired) electrons. The van der Waals surface area contributed by atoms with Crippen molar-refractivity contribution in [1.29, 1.82) is 0 Å². The van der Waals surface area contributed by atoms with Gasteiger partial charge in [-0.25, -0.2) is 0 Å². The van der Waals surface area contributed by atoms with E-state index in [1.165, 1.54) is 38.5 Å². The molecule has 2 fully saturated rings. The van der Waals surface area contributed by atoms with Crippen molar-refractivity contribution in [3.8, 4) is 0 Å². The molecule has 1 saturated heterocycles. The molecule has 1 N–H and O–H groups in total. The van der Waals surface area contributed by atoms with Crippen molar-refractivity contribution >= 4 is 5.91 Å². The van der Waals surface area contributed by atoms with Crippen LogP contribution in [0, 0.1) is 11.8 Å². The molecule has 1 saturated carbocycles. The number of carbonyl (C=O) groups excluding carboxylic acids is 1. The van der Waals surface area contributed by atoms with Gasteiger partial charge in [-0.05, 0) is 31.1 Å². The fourth-order valence-electron chi connectivity index (χ4n) is 3.75. The number of hydrogen-bond acceptors (Lipinski definition) is 2. The molecule has 0 aromatic carbocycles. The van der Waals surface area contributed by atoms with Crippen LogP contribution in [-0.4, -0.2) is 29.6 Å². The lowest BCUT2D eigenvalue weighted by Gasteiger charge is -2.29. The SMILES string of the molecule is CCCCCN1C(=O)C(C(C)CC)NC1C1CCCC1. The lowest BCUT2D eigenvalue weighted by molar-refractivity contribution is -0.131. The number of nitrogens with one attached hydrogen (secondary N) is 1. The number of nitrogens with zero attached hydrogens (tertiary/aromatic N) is 1. The maximum absolute atomic E-state index is 12.7. The van der Waals surface area contributed by atoms with Crippen molar-refractivity contribution in [1.82, 2.24) is 10.2 Å². The maximum Gasteiger partial charge on any atom is 0.241 e. The first kappa shape index (κ1) is 15.8. The molecule has 1 aliphatic heterocycles. The summed E-state index contributed by atoms with van der Waals surface area (Å²) in [4.78, 5) is 14.9. The van der Waals surface area contributed by atoms with Gasteiger partial charge in [0.05, 0.1) is 12.2 Å². The van der Waals surface area contributed by atoms with Crippen LogP contribution in [0.5, 0.6) is 0 Å². The van der Waals surface area contributed by atoms with Gasteiger partial charge in [0.2, 0.25) is 5.91 Å². The first-order valence-electron chi connectivity index (χ1n) is 8.75. The highest BCUT2D eigenvalue weighted by Crippen LogP contribution is 2.33. The summed E-state index contributed by atoms with van der Waals surface area (Å²) in [6, 6.07) is 0.0622. The Hall–Kier alpha value is -0.570. The van der Waals surface area contributed by atoms with Gasteiger partial charge in [0.15, 0.2) is 0 Å². The molecule has 1 amide bonds. The Morgan fingerprint density at radius 3 is 2.55 bits per heavy atom. The molecule has 0 aromatic rings. The minimum atomic E-state index is 0.0622. The van der Waals surface area contributed by atoms with Crippen molar-refractivity contribution in [3.63, 3.8) is 0 Å². The molecule has 1 aliphatic carbocycles. The molecular weight excluding hydrogens is 248 g/mol. The smallest absolute Gasteiger partial charge is 0.241 e. The standard InChI is InChI=1S/C17H32N2O/c1-4-6-9-12-19-16(14-10-7-8-11-14)18-15(17(19)20)13(3)5-2/h13-16,18H,4-12H2,1-3H3. The van der Waals surface area contributed by atoms with E-state index < -0.39 is 0 Å². The molecule has 3 atom stereocenters. The fraction of sp³-hybridized carbons (Fsp3) is 0.941. The van der Waals surface area contributed by atoms with E-state index in [0.717, 1.165) is 19.4 Å². The summed E-state index contributed by atoms with van der Waals surface area (Å²) in [7, 11) is 0. The van der Waals surface area contributed by atoms with E-state index in [2.05, 4.69) is 31.0 Å². The van der Waals surface area contributed by atoms with Gasteiger partial charge in [0, 0.05) is 6.54 Å². The Labute approximate surface area is 124 Å². The predicted molar refractivity (Wildman–Crippen MR) is 83.4 cm³/mol. The molecule has 3 nitrogen and oxygen atoms in total. The van der Waals surface area contributed by atoms with Gasteiger partial charge in [-0.3, -0.25) is 10.1 Å². The molecule has 2 aliphatic rings. The highest BCUT2D eigenvalue weighted by atomic mass is 16.2. The zero-order valence-corrected chi connectivity index (χ0v) is 13.5. The van der Waals surface area contributed by atoms with Crippen LogP contribution in [0.25, 0.3) is 0 Å². The number of amides is 1. The highest BCUT2D eigenvalue weighted by Gasteiger charge is 2.44. The fourth-order valence-corrected chi connectivity index (χ4v) is 3.75. The second-order valence-corrected chi connectivity index (χ2v) is 6.76. The molecule has 116 valence electrons. The van der Waals surface area contributed by atoms with Crippen molar-refractivity contribution < 1.29 is 4.79 Å². The molecule has 3 unspecified atom stereocenters. The Kier molecular flexibility index (Phi) is 5.88. The molecule has 1 heterocycles. The summed E-state index contributed by atoms with van der Waals surface area (Å²) >= 11 is 0. The Morgan fingerprint density at radius 2 is 1.95 bits per heavy atom. The zero-order chi connectivity index (χ0) is 14.5. The second kappa shape index (κ2) is 7.44. The third-order valence-corrected chi connectivity index (χ3v) is 5.30. The number of hydrogen-bond donors (Lipinski definition) is 1. The lowest BCUT2D eigenvalue weighted by Crippen LogP contribution is -2.43. The minimum absolute atomic E-state index is 0.0622. The largest absolute Gasteiger partial charge is 0.326 e. The van der Waals surface area contributed by atoms with Gasteiger partial charge >= 0.3 is 0 Å². The third-order valence-electron chi connectivity index (χ3n) is 5.30. The van der Waals surface area contributed by atoms with Gasteiger partial charge < -0.3 is 4.90 Å². The van der Waals surface area contributed by atoms with E-state index in [-0.39, 0.29) is 6.04 Å². The third kappa shape index (κ3) is 3.36. The van der Waals surface area contributed by atoms with E-state index in [1.54, 1.807) is 0 Å². The molecule has 20 heavy (non-hydrogen) atoms. The normalized spacial score (nSPS) is 29.4. The average molecular weight is 280 g/mol. The van der Waals surface area contributed by atoms with Crippen LogP contribution in [-0.2, 0) is 4.79 Å². The van der Waals surface area contributed by atoms with Crippen molar-refractivity contribution in [2.24, 2.45) is 11.8 Å². The molecular formula is C17H32N2O. The second-order valence-electron chi connectivity index (χ2n) is 6.76. The van der Waals surface area contributed by atoms with Crippen molar-refractivity contribution in [2.75, 3.05) is 6.54 Å². The molecule has 0 aromatic heterocycles. The van der Waals surface area contributed by atoms with E-state index in [9.17, 15) is 4.79 Å². The summed E-state index contributed by atoms with van der Waals surface area (Å²) < 4.78 is 0. The van der Waals surface area contributed by atoms with Crippen molar-refractivity contribution in [2.45, 2.75) is 84.3 Å². The van der Waals surface area contributed by atoms with E-state index in [1.807, 2.05) is 0 Å². The Balaban J connectivity index is 2.03. The maximum atomic E-state index is 12.7. The summed E-state index contributed by atoms with van der Waals surface area (Å²) in [5.41, 5.74) is 0. The van der Waals surface area contributed by atoms with Crippen LogP contribution in [0.4, 0.5) is 0 Å². The predicted octanol–water partition coefficient (Wildman–Crippen LogP) is 3.54. The Morgan fingerprint density at radius 1 is 1.25 bits per heavy atom. The van der Waals surface area contributed by atoms with Gasteiger partial charge in [-0.2, -0.15) is 0 Å². The number of unbranched alkanes of at least 4 members (excludes halogenated alkanes) is 2. The molecule has 0 spiro atoms. The number of carbonyl (C=O) groups is 1. The first-order valence-corrected chi connectivity index (χ1v) is 8.75. The van der Waals surface area contributed by atoms with Crippen LogP contribution in [0.1, 0.15) is 72.1 Å². The number of rotatable bonds is 7. The monoisotopic (exact) mass is 280 g/mol. The van der Waals surface area contributed by atoms with Crippen molar-refractivity contribution in [3.05, 3.63) is 0 Å². The Bertz CT molecular complexity index is 312. The van der Waals surface area contributed by atoms with Gasteiger partial charge in [-0.15, -0.1) is 0 Å². The summed E-state index contributed by atoms with van der Waals surface area (Å²) in [5.74, 6) is 1.50. The van der Waals surface area contributed by atoms with Crippen LogP contribution < -0.4 is 5.32 Å². The lowest BCUT2D eigenvalue weighted by atomic mass is 9.99. The van der Waals surface area contributed by atoms with Crippen LogP contribution in [0.3, 0.4) is 0 Å². The van der Waals surface area contributed by atoms with E-state index in [0.29, 0.717) is 23.9 Å². The van der Waals surface area contributed by atoms with Crippen LogP contribution >= 0.6 is 0 Å². The molecule has 2 rings (SSSR count). The average Bonchev–Trinajstić information content (AvgIpc) is 3.07. The topological polar surface area (TPSA) is 32.3 Å². The quantitative estimate of drug-likeness (QED) is 0.723. The summed E-state index contributed by atoms with van der Waals surface area (Å²) in [6.07, 6.45) is 10.3. The first-order chi connectivity index (χ1) is 9.69. The van der Waals surface area contributed by atoms with Gasteiger partial charge in [0.1, 0.15) is 0 Å². The molecule has 3 heteroatoms. The van der Waals surface area contributed by atoms with E-state index >= 15 is 0 Å². The van der Waals surface area contributed by atoms with Gasteiger partial charge in [-0.1, -0.05) is 52.9 Å². The molecule has 0 bridgehead atoms.